The molecular weight excluding hydrogens is 240 g/mol. The van der Waals surface area contributed by atoms with Gasteiger partial charge in [0, 0.05) is 17.4 Å². The summed E-state index contributed by atoms with van der Waals surface area (Å²) in [5, 5.41) is 6.17. The highest BCUT2D eigenvalue weighted by molar-refractivity contribution is 5.95. The van der Waals surface area contributed by atoms with Crippen LogP contribution >= 0.6 is 0 Å². The summed E-state index contributed by atoms with van der Waals surface area (Å²) >= 11 is 0. The molecule has 5 heteroatoms. The van der Waals surface area contributed by atoms with E-state index in [1.54, 1.807) is 25.3 Å². The zero-order valence-electron chi connectivity index (χ0n) is 11.0. The number of benzene rings is 1. The number of rotatable bonds is 5. The lowest BCUT2D eigenvalue weighted by molar-refractivity contribution is 0.101. The monoisotopic (exact) mass is 256 g/mol. The number of carbonyl (C=O) groups is 1. The molecule has 1 aromatic carbocycles. The van der Waals surface area contributed by atoms with Gasteiger partial charge in [0.25, 0.3) is 0 Å². The van der Waals surface area contributed by atoms with Crippen LogP contribution in [0.1, 0.15) is 23.1 Å². The van der Waals surface area contributed by atoms with E-state index in [1.165, 1.54) is 0 Å². The third-order valence-corrected chi connectivity index (χ3v) is 2.58. The summed E-state index contributed by atoms with van der Waals surface area (Å²) in [7, 11) is 1.85. The van der Waals surface area contributed by atoms with Gasteiger partial charge in [-0.05, 0) is 32.2 Å². The Morgan fingerprint density at radius 2 is 2.16 bits per heavy atom. The summed E-state index contributed by atoms with van der Waals surface area (Å²) < 4.78 is 0. The van der Waals surface area contributed by atoms with E-state index in [4.69, 9.17) is 0 Å². The molecule has 0 unspecified atom stereocenters. The fourth-order valence-corrected chi connectivity index (χ4v) is 1.68. The fourth-order valence-electron chi connectivity index (χ4n) is 1.68. The third-order valence-electron chi connectivity index (χ3n) is 2.58. The first-order chi connectivity index (χ1) is 9.19. The minimum Gasteiger partial charge on any atom is -0.340 e. The first-order valence-corrected chi connectivity index (χ1v) is 6.03. The van der Waals surface area contributed by atoms with E-state index < -0.39 is 0 Å². The minimum absolute atomic E-state index is 0.0437. The van der Waals surface area contributed by atoms with E-state index in [9.17, 15) is 4.79 Å². The molecule has 2 rings (SSSR count). The molecule has 0 aliphatic rings. The van der Waals surface area contributed by atoms with Crippen molar-refractivity contribution in [2.75, 3.05) is 12.4 Å². The lowest BCUT2D eigenvalue weighted by Gasteiger charge is -2.07. The van der Waals surface area contributed by atoms with E-state index in [0.29, 0.717) is 17.9 Å². The van der Waals surface area contributed by atoms with Crippen LogP contribution in [0.5, 0.6) is 0 Å². The SMILES string of the molecule is CNCc1nccc(Nc2cccc(C(C)=O)c2)n1. The molecule has 1 aromatic heterocycles. The Morgan fingerprint density at radius 3 is 2.89 bits per heavy atom. The van der Waals surface area contributed by atoms with Gasteiger partial charge in [0.05, 0.1) is 6.54 Å². The Hall–Kier alpha value is -2.27. The van der Waals surface area contributed by atoms with Crippen LogP contribution in [0.4, 0.5) is 11.5 Å². The van der Waals surface area contributed by atoms with Crippen LogP contribution < -0.4 is 10.6 Å². The normalized spacial score (nSPS) is 10.2. The van der Waals surface area contributed by atoms with Gasteiger partial charge < -0.3 is 10.6 Å². The Bertz CT molecular complexity index is 583. The lowest BCUT2D eigenvalue weighted by Crippen LogP contribution is -2.09. The fraction of sp³-hybridized carbons (Fsp3) is 0.214. The summed E-state index contributed by atoms with van der Waals surface area (Å²) in [6.45, 7) is 2.16. The maximum Gasteiger partial charge on any atom is 0.159 e. The van der Waals surface area contributed by atoms with Crippen LogP contribution in [-0.4, -0.2) is 22.8 Å². The van der Waals surface area contributed by atoms with Gasteiger partial charge in [0.15, 0.2) is 5.78 Å². The topological polar surface area (TPSA) is 66.9 Å². The van der Waals surface area contributed by atoms with Crippen molar-refractivity contribution in [2.45, 2.75) is 13.5 Å². The van der Waals surface area contributed by atoms with Crippen LogP contribution in [0, 0.1) is 0 Å². The molecule has 0 bridgehead atoms. The zero-order valence-corrected chi connectivity index (χ0v) is 11.0. The number of ketones is 1. The zero-order chi connectivity index (χ0) is 13.7. The highest BCUT2D eigenvalue weighted by Crippen LogP contribution is 2.16. The van der Waals surface area contributed by atoms with Crippen molar-refractivity contribution < 1.29 is 4.79 Å². The number of aromatic nitrogens is 2. The molecule has 19 heavy (non-hydrogen) atoms. The minimum atomic E-state index is 0.0437. The van der Waals surface area contributed by atoms with Gasteiger partial charge in [0.2, 0.25) is 0 Å². The van der Waals surface area contributed by atoms with Gasteiger partial charge in [-0.2, -0.15) is 0 Å². The third kappa shape index (κ3) is 3.59. The number of nitrogens with zero attached hydrogens (tertiary/aromatic N) is 2. The number of hydrogen-bond acceptors (Lipinski definition) is 5. The predicted octanol–water partition coefficient (Wildman–Crippen LogP) is 2.14. The quantitative estimate of drug-likeness (QED) is 0.802. The van der Waals surface area contributed by atoms with Crippen LogP contribution in [0.3, 0.4) is 0 Å². The summed E-state index contributed by atoms with van der Waals surface area (Å²) in [6, 6.07) is 9.13. The highest BCUT2D eigenvalue weighted by atomic mass is 16.1. The number of anilines is 2. The Balaban J connectivity index is 2.18. The number of Topliss-reactive ketones (excluding diaryl/α,β-unsaturated/α-hetero) is 1. The van der Waals surface area contributed by atoms with Crippen molar-refractivity contribution in [2.24, 2.45) is 0 Å². The average Bonchev–Trinajstić information content (AvgIpc) is 2.40. The molecular formula is C14H16N4O. The molecule has 2 N–H and O–H groups in total. The molecule has 98 valence electrons. The molecule has 0 radical (unpaired) electrons. The number of carbonyl (C=O) groups excluding carboxylic acids is 1. The highest BCUT2D eigenvalue weighted by Gasteiger charge is 2.02. The van der Waals surface area contributed by atoms with Gasteiger partial charge in [-0.15, -0.1) is 0 Å². The maximum atomic E-state index is 11.3. The molecule has 0 saturated heterocycles. The molecule has 0 amide bonds. The number of hydrogen-bond donors (Lipinski definition) is 2. The predicted molar refractivity (Wildman–Crippen MR) is 74.5 cm³/mol. The van der Waals surface area contributed by atoms with E-state index >= 15 is 0 Å². The lowest BCUT2D eigenvalue weighted by atomic mass is 10.1. The van der Waals surface area contributed by atoms with Crippen LogP contribution in [-0.2, 0) is 6.54 Å². The second kappa shape index (κ2) is 6.06. The molecule has 0 aliphatic carbocycles. The molecule has 5 nitrogen and oxygen atoms in total. The van der Waals surface area contributed by atoms with Crippen molar-refractivity contribution >= 4 is 17.3 Å². The molecule has 0 saturated carbocycles. The second-order valence-electron chi connectivity index (χ2n) is 4.15. The van der Waals surface area contributed by atoms with E-state index in [1.807, 2.05) is 25.2 Å². The van der Waals surface area contributed by atoms with Gasteiger partial charge in [-0.3, -0.25) is 4.79 Å². The Labute approximate surface area is 112 Å². The standard InChI is InChI=1S/C14H16N4O/c1-10(19)11-4-3-5-12(8-11)17-13-6-7-16-14(18-13)9-15-2/h3-8,15H,9H2,1-2H3,(H,16,17,18). The number of nitrogens with one attached hydrogen (secondary N) is 2. The van der Waals surface area contributed by atoms with Gasteiger partial charge in [0.1, 0.15) is 11.6 Å². The Morgan fingerprint density at radius 1 is 1.32 bits per heavy atom. The maximum absolute atomic E-state index is 11.3. The average molecular weight is 256 g/mol. The summed E-state index contributed by atoms with van der Waals surface area (Å²) in [6.07, 6.45) is 1.71. The first kappa shape index (κ1) is 13.2. The largest absolute Gasteiger partial charge is 0.340 e. The van der Waals surface area contributed by atoms with Gasteiger partial charge in [-0.1, -0.05) is 12.1 Å². The summed E-state index contributed by atoms with van der Waals surface area (Å²) in [5.41, 5.74) is 1.51. The van der Waals surface area contributed by atoms with Crippen LogP contribution in [0.2, 0.25) is 0 Å². The van der Waals surface area contributed by atoms with E-state index in [2.05, 4.69) is 20.6 Å². The first-order valence-electron chi connectivity index (χ1n) is 6.03. The molecule has 0 fully saturated rings. The van der Waals surface area contributed by atoms with Crippen LogP contribution in [0.25, 0.3) is 0 Å². The van der Waals surface area contributed by atoms with Crippen LogP contribution in [0.15, 0.2) is 36.5 Å². The van der Waals surface area contributed by atoms with Crippen molar-refractivity contribution in [3.63, 3.8) is 0 Å². The van der Waals surface area contributed by atoms with Crippen molar-refractivity contribution in [1.29, 1.82) is 0 Å². The van der Waals surface area contributed by atoms with Gasteiger partial charge in [-0.25, -0.2) is 9.97 Å². The van der Waals surface area contributed by atoms with E-state index in [-0.39, 0.29) is 5.78 Å². The molecule has 1 heterocycles. The van der Waals surface area contributed by atoms with Crippen molar-refractivity contribution in [3.05, 3.63) is 47.9 Å². The molecule has 0 spiro atoms. The summed E-state index contributed by atoms with van der Waals surface area (Å²) in [5.74, 6) is 1.47. The second-order valence-corrected chi connectivity index (χ2v) is 4.15. The molecule has 0 aliphatic heterocycles. The Kier molecular flexibility index (Phi) is 4.20. The smallest absolute Gasteiger partial charge is 0.159 e. The van der Waals surface area contributed by atoms with E-state index in [0.717, 1.165) is 11.5 Å². The molecule has 0 atom stereocenters. The molecule has 2 aromatic rings. The van der Waals surface area contributed by atoms with Gasteiger partial charge >= 0.3 is 0 Å². The van der Waals surface area contributed by atoms with Crippen molar-refractivity contribution in [1.82, 2.24) is 15.3 Å². The summed E-state index contributed by atoms with van der Waals surface area (Å²) in [4.78, 5) is 19.8. The van der Waals surface area contributed by atoms with Crippen molar-refractivity contribution in [3.8, 4) is 0 Å².